The molecule has 0 fully saturated rings. The van der Waals surface area contributed by atoms with Gasteiger partial charge < -0.3 is 9.90 Å². The van der Waals surface area contributed by atoms with Crippen molar-refractivity contribution in [3.8, 4) is 0 Å². The van der Waals surface area contributed by atoms with Crippen LogP contribution in [0.15, 0.2) is 24.3 Å². The SMILES string of the molecule is O=C([O-])CCC(=O)c1cccc(F)c1. The molecule has 0 N–H and O–H groups in total. The topological polar surface area (TPSA) is 57.2 Å². The van der Waals surface area contributed by atoms with Gasteiger partial charge in [-0.3, -0.25) is 4.79 Å². The Morgan fingerprint density at radius 2 is 2.00 bits per heavy atom. The Balaban J connectivity index is 2.65. The van der Waals surface area contributed by atoms with E-state index in [1.54, 1.807) is 0 Å². The van der Waals surface area contributed by atoms with E-state index in [1.807, 2.05) is 0 Å². The zero-order valence-electron chi connectivity index (χ0n) is 7.33. The highest BCUT2D eigenvalue weighted by atomic mass is 19.1. The lowest BCUT2D eigenvalue weighted by Gasteiger charge is -2.01. The molecule has 0 radical (unpaired) electrons. The summed E-state index contributed by atoms with van der Waals surface area (Å²) in [5.74, 6) is -2.19. The quantitative estimate of drug-likeness (QED) is 0.659. The molecule has 1 rings (SSSR count). The summed E-state index contributed by atoms with van der Waals surface area (Å²) in [6.07, 6.45) is -0.499. The molecule has 0 unspecified atom stereocenters. The summed E-state index contributed by atoms with van der Waals surface area (Å²) in [5, 5.41) is 10.1. The normalized spacial score (nSPS) is 9.79. The lowest BCUT2D eigenvalue weighted by molar-refractivity contribution is -0.305. The third kappa shape index (κ3) is 2.97. The lowest BCUT2D eigenvalue weighted by Crippen LogP contribution is -2.22. The van der Waals surface area contributed by atoms with E-state index in [9.17, 15) is 19.1 Å². The van der Waals surface area contributed by atoms with Gasteiger partial charge >= 0.3 is 0 Å². The van der Waals surface area contributed by atoms with E-state index in [4.69, 9.17) is 0 Å². The molecule has 0 spiro atoms. The smallest absolute Gasteiger partial charge is 0.163 e. The highest BCUT2D eigenvalue weighted by molar-refractivity contribution is 5.97. The third-order valence-electron chi connectivity index (χ3n) is 1.70. The maximum Gasteiger partial charge on any atom is 0.163 e. The third-order valence-corrected chi connectivity index (χ3v) is 1.70. The lowest BCUT2D eigenvalue weighted by atomic mass is 10.1. The first-order chi connectivity index (χ1) is 6.59. The molecule has 1 aromatic carbocycles. The second kappa shape index (κ2) is 4.50. The van der Waals surface area contributed by atoms with E-state index in [-0.39, 0.29) is 18.4 Å². The Morgan fingerprint density at radius 3 is 2.57 bits per heavy atom. The van der Waals surface area contributed by atoms with Crippen LogP contribution >= 0.6 is 0 Å². The summed E-state index contributed by atoms with van der Waals surface area (Å²) in [6, 6.07) is 5.15. The number of carboxylic acid groups (broad SMARTS) is 1. The second-order valence-electron chi connectivity index (χ2n) is 2.81. The van der Waals surface area contributed by atoms with Crippen LogP contribution in [0.5, 0.6) is 0 Å². The number of hydrogen-bond donors (Lipinski definition) is 0. The molecule has 3 nitrogen and oxygen atoms in total. The Morgan fingerprint density at radius 1 is 1.29 bits per heavy atom. The first kappa shape index (κ1) is 10.4. The summed E-state index contributed by atoms with van der Waals surface area (Å²) in [6.45, 7) is 0. The van der Waals surface area contributed by atoms with Crippen molar-refractivity contribution in [1.29, 1.82) is 0 Å². The van der Waals surface area contributed by atoms with Gasteiger partial charge in [-0.25, -0.2) is 4.39 Å². The van der Waals surface area contributed by atoms with Gasteiger partial charge in [-0.1, -0.05) is 12.1 Å². The number of halogens is 1. The average Bonchev–Trinajstić information content (AvgIpc) is 2.14. The molecule has 0 aromatic heterocycles. The molecule has 0 aliphatic heterocycles. The monoisotopic (exact) mass is 195 g/mol. The Labute approximate surface area is 80.2 Å². The molecule has 4 heteroatoms. The molecular formula is C10H8FO3-. The van der Waals surface area contributed by atoms with E-state index < -0.39 is 17.6 Å². The van der Waals surface area contributed by atoms with Gasteiger partial charge in [0.2, 0.25) is 0 Å². The van der Waals surface area contributed by atoms with Crippen molar-refractivity contribution in [1.82, 2.24) is 0 Å². The van der Waals surface area contributed by atoms with E-state index in [2.05, 4.69) is 0 Å². The van der Waals surface area contributed by atoms with Crippen molar-refractivity contribution in [2.75, 3.05) is 0 Å². The van der Waals surface area contributed by atoms with Gasteiger partial charge in [0.1, 0.15) is 5.82 Å². The molecule has 0 saturated heterocycles. The molecule has 0 saturated carbocycles. The predicted molar refractivity (Wildman–Crippen MR) is 45.0 cm³/mol. The molecule has 0 atom stereocenters. The van der Waals surface area contributed by atoms with E-state index in [0.29, 0.717) is 0 Å². The van der Waals surface area contributed by atoms with Crippen LogP contribution in [0.3, 0.4) is 0 Å². The minimum absolute atomic E-state index is 0.161. The maximum atomic E-state index is 12.6. The molecule has 0 amide bonds. The molecule has 0 bridgehead atoms. The van der Waals surface area contributed by atoms with Crippen molar-refractivity contribution in [3.63, 3.8) is 0 Å². The number of carbonyl (C=O) groups is 2. The Bertz CT molecular complexity index is 360. The largest absolute Gasteiger partial charge is 0.550 e. The minimum atomic E-state index is -1.28. The van der Waals surface area contributed by atoms with Crippen molar-refractivity contribution in [2.45, 2.75) is 12.8 Å². The number of rotatable bonds is 4. The second-order valence-corrected chi connectivity index (χ2v) is 2.81. The van der Waals surface area contributed by atoms with E-state index >= 15 is 0 Å². The Hall–Kier alpha value is -1.71. The van der Waals surface area contributed by atoms with Crippen LogP contribution in [0.4, 0.5) is 4.39 Å². The van der Waals surface area contributed by atoms with Crippen molar-refractivity contribution < 1.29 is 19.1 Å². The van der Waals surface area contributed by atoms with Crippen LogP contribution in [0, 0.1) is 5.82 Å². The summed E-state index contributed by atoms with van der Waals surface area (Å²) in [7, 11) is 0. The fraction of sp³-hybridized carbons (Fsp3) is 0.200. The fourth-order valence-corrected chi connectivity index (χ4v) is 1.02. The molecule has 0 aliphatic rings. The summed E-state index contributed by atoms with van der Waals surface area (Å²) < 4.78 is 12.6. The van der Waals surface area contributed by atoms with Gasteiger partial charge in [-0.2, -0.15) is 0 Å². The van der Waals surface area contributed by atoms with Gasteiger partial charge in [-0.05, 0) is 18.6 Å². The fourth-order valence-electron chi connectivity index (χ4n) is 1.02. The molecule has 14 heavy (non-hydrogen) atoms. The molecule has 1 aromatic rings. The van der Waals surface area contributed by atoms with Crippen molar-refractivity contribution >= 4 is 11.8 Å². The molecule has 0 aliphatic carbocycles. The number of aliphatic carboxylic acids is 1. The summed E-state index contributed by atoms with van der Waals surface area (Å²) >= 11 is 0. The van der Waals surface area contributed by atoms with E-state index in [0.717, 1.165) is 6.07 Å². The standard InChI is InChI=1S/C10H9FO3/c11-8-3-1-2-7(6-8)9(12)4-5-10(13)14/h1-3,6H,4-5H2,(H,13,14)/p-1. The van der Waals surface area contributed by atoms with Crippen molar-refractivity contribution in [2.24, 2.45) is 0 Å². The molecular weight excluding hydrogens is 187 g/mol. The minimum Gasteiger partial charge on any atom is -0.550 e. The van der Waals surface area contributed by atoms with Crippen molar-refractivity contribution in [3.05, 3.63) is 35.6 Å². The van der Waals surface area contributed by atoms with E-state index in [1.165, 1.54) is 18.2 Å². The van der Waals surface area contributed by atoms with Crippen LogP contribution < -0.4 is 5.11 Å². The number of carbonyl (C=O) groups excluding carboxylic acids is 2. The summed E-state index contributed by atoms with van der Waals surface area (Å²) in [4.78, 5) is 21.3. The predicted octanol–water partition coefficient (Wildman–Crippen LogP) is 0.538. The number of hydrogen-bond acceptors (Lipinski definition) is 3. The molecule has 0 heterocycles. The molecule has 74 valence electrons. The van der Waals surface area contributed by atoms with Gasteiger partial charge in [0.05, 0.1) is 0 Å². The number of benzene rings is 1. The number of ketones is 1. The number of carboxylic acids is 1. The summed E-state index contributed by atoms with van der Waals surface area (Å²) in [5.41, 5.74) is 0.186. The Kier molecular flexibility index (Phi) is 3.34. The van der Waals surface area contributed by atoms with Crippen LogP contribution in [-0.2, 0) is 4.79 Å². The first-order valence-corrected chi connectivity index (χ1v) is 4.08. The van der Waals surface area contributed by atoms with Gasteiger partial charge in [-0.15, -0.1) is 0 Å². The van der Waals surface area contributed by atoms with Crippen LogP contribution in [0.2, 0.25) is 0 Å². The highest BCUT2D eigenvalue weighted by Crippen LogP contribution is 2.07. The average molecular weight is 195 g/mol. The van der Waals surface area contributed by atoms with Gasteiger partial charge in [0.15, 0.2) is 5.78 Å². The number of Topliss-reactive ketones (excluding diaryl/α,β-unsaturated/α-hetero) is 1. The highest BCUT2D eigenvalue weighted by Gasteiger charge is 2.05. The zero-order valence-corrected chi connectivity index (χ0v) is 7.33. The maximum absolute atomic E-state index is 12.6. The first-order valence-electron chi connectivity index (χ1n) is 4.08. The van der Waals surface area contributed by atoms with Gasteiger partial charge in [0.25, 0.3) is 0 Å². The van der Waals surface area contributed by atoms with Gasteiger partial charge in [0, 0.05) is 18.0 Å². The zero-order chi connectivity index (χ0) is 10.6. The van der Waals surface area contributed by atoms with Crippen LogP contribution in [0.1, 0.15) is 23.2 Å². The van der Waals surface area contributed by atoms with Crippen LogP contribution in [-0.4, -0.2) is 11.8 Å². The van der Waals surface area contributed by atoms with Crippen LogP contribution in [0.25, 0.3) is 0 Å².